The molecule has 1 aliphatic rings. The Morgan fingerprint density at radius 2 is 2.27 bits per heavy atom. The van der Waals surface area contributed by atoms with E-state index in [0.717, 1.165) is 19.1 Å². The van der Waals surface area contributed by atoms with Crippen LogP contribution in [0.3, 0.4) is 0 Å². The molecule has 1 rings (SSSR count). The van der Waals surface area contributed by atoms with Gasteiger partial charge in [-0.2, -0.15) is 0 Å². The van der Waals surface area contributed by atoms with Gasteiger partial charge in [0.15, 0.2) is 0 Å². The highest BCUT2D eigenvalue weighted by Gasteiger charge is 2.25. The van der Waals surface area contributed by atoms with Gasteiger partial charge in [-0.1, -0.05) is 13.8 Å². The quantitative estimate of drug-likeness (QED) is 0.669. The molecule has 2 nitrogen and oxygen atoms in total. The molecule has 11 heavy (non-hydrogen) atoms. The highest BCUT2D eigenvalue weighted by atomic mass is 16.5. The third-order valence-corrected chi connectivity index (χ3v) is 2.33. The van der Waals surface area contributed by atoms with Gasteiger partial charge in [-0.25, -0.2) is 0 Å². The zero-order chi connectivity index (χ0) is 8.27. The Hall–Kier alpha value is -0.0800. The molecule has 1 fully saturated rings. The summed E-state index contributed by atoms with van der Waals surface area (Å²) in [5.41, 5.74) is 0. The van der Waals surface area contributed by atoms with Crippen LogP contribution in [0.4, 0.5) is 0 Å². The SMILES string of the molecule is CCO[C@H]1CN[C@@H](C(C)C)C1. The van der Waals surface area contributed by atoms with Crippen LogP contribution in [0.5, 0.6) is 0 Å². The molecular weight excluding hydrogens is 138 g/mol. The van der Waals surface area contributed by atoms with E-state index in [1.54, 1.807) is 0 Å². The topological polar surface area (TPSA) is 21.3 Å². The highest BCUT2D eigenvalue weighted by molar-refractivity contribution is 4.83. The minimum absolute atomic E-state index is 0.465. The summed E-state index contributed by atoms with van der Waals surface area (Å²) >= 11 is 0. The molecule has 2 atom stereocenters. The van der Waals surface area contributed by atoms with Gasteiger partial charge in [-0.05, 0) is 19.3 Å². The maximum atomic E-state index is 5.52. The summed E-state index contributed by atoms with van der Waals surface area (Å²) in [6.45, 7) is 8.45. The van der Waals surface area contributed by atoms with E-state index in [1.165, 1.54) is 6.42 Å². The second-order valence-electron chi connectivity index (χ2n) is 3.57. The lowest BCUT2D eigenvalue weighted by molar-refractivity contribution is 0.0747. The van der Waals surface area contributed by atoms with Gasteiger partial charge in [0, 0.05) is 19.2 Å². The van der Waals surface area contributed by atoms with Crippen molar-refractivity contribution in [2.45, 2.75) is 39.3 Å². The third-order valence-electron chi connectivity index (χ3n) is 2.33. The van der Waals surface area contributed by atoms with Gasteiger partial charge in [-0.3, -0.25) is 0 Å². The number of rotatable bonds is 3. The van der Waals surface area contributed by atoms with Crippen LogP contribution in [0.25, 0.3) is 0 Å². The van der Waals surface area contributed by atoms with E-state index >= 15 is 0 Å². The molecule has 0 amide bonds. The summed E-state index contributed by atoms with van der Waals surface area (Å²) < 4.78 is 5.52. The fraction of sp³-hybridized carbons (Fsp3) is 1.00. The van der Waals surface area contributed by atoms with Gasteiger partial charge in [0.2, 0.25) is 0 Å². The van der Waals surface area contributed by atoms with Gasteiger partial charge >= 0.3 is 0 Å². The fourth-order valence-electron chi connectivity index (χ4n) is 1.60. The smallest absolute Gasteiger partial charge is 0.0714 e. The summed E-state index contributed by atoms with van der Waals surface area (Å²) in [5.74, 6) is 0.737. The van der Waals surface area contributed by atoms with Crippen molar-refractivity contribution in [3.05, 3.63) is 0 Å². The Bertz CT molecular complexity index is 114. The molecule has 1 aliphatic heterocycles. The lowest BCUT2D eigenvalue weighted by atomic mass is 10.0. The second-order valence-corrected chi connectivity index (χ2v) is 3.57. The normalized spacial score (nSPS) is 31.6. The molecule has 0 aromatic carbocycles. The molecule has 0 bridgehead atoms. The molecule has 1 N–H and O–H groups in total. The van der Waals surface area contributed by atoms with Crippen LogP contribution >= 0.6 is 0 Å². The Balaban J connectivity index is 2.23. The van der Waals surface area contributed by atoms with Crippen molar-refractivity contribution >= 4 is 0 Å². The molecule has 1 saturated heterocycles. The van der Waals surface area contributed by atoms with Crippen LogP contribution in [0.15, 0.2) is 0 Å². The Morgan fingerprint density at radius 3 is 2.73 bits per heavy atom. The van der Waals surface area contributed by atoms with Crippen molar-refractivity contribution in [3.8, 4) is 0 Å². The largest absolute Gasteiger partial charge is 0.377 e. The van der Waals surface area contributed by atoms with Crippen molar-refractivity contribution in [2.75, 3.05) is 13.2 Å². The van der Waals surface area contributed by atoms with Crippen LogP contribution in [0.2, 0.25) is 0 Å². The summed E-state index contributed by atoms with van der Waals surface area (Å²) in [5, 5.41) is 3.47. The van der Waals surface area contributed by atoms with Crippen molar-refractivity contribution < 1.29 is 4.74 Å². The van der Waals surface area contributed by atoms with E-state index in [4.69, 9.17) is 4.74 Å². The van der Waals surface area contributed by atoms with Crippen molar-refractivity contribution in [2.24, 2.45) is 5.92 Å². The monoisotopic (exact) mass is 157 g/mol. The van der Waals surface area contributed by atoms with E-state index in [0.29, 0.717) is 12.1 Å². The molecular formula is C9H19NO. The van der Waals surface area contributed by atoms with Crippen LogP contribution in [0, 0.1) is 5.92 Å². The Morgan fingerprint density at radius 1 is 1.55 bits per heavy atom. The van der Waals surface area contributed by atoms with Gasteiger partial charge in [0.1, 0.15) is 0 Å². The molecule has 0 saturated carbocycles. The molecule has 0 aromatic rings. The lowest BCUT2D eigenvalue weighted by Gasteiger charge is -2.13. The highest BCUT2D eigenvalue weighted by Crippen LogP contribution is 2.16. The van der Waals surface area contributed by atoms with Crippen LogP contribution in [-0.4, -0.2) is 25.3 Å². The summed E-state index contributed by atoms with van der Waals surface area (Å²) in [4.78, 5) is 0. The van der Waals surface area contributed by atoms with E-state index in [2.05, 4.69) is 26.1 Å². The number of ether oxygens (including phenoxy) is 1. The first-order valence-corrected chi connectivity index (χ1v) is 4.59. The zero-order valence-corrected chi connectivity index (χ0v) is 7.76. The fourth-order valence-corrected chi connectivity index (χ4v) is 1.60. The third kappa shape index (κ3) is 2.46. The first-order valence-electron chi connectivity index (χ1n) is 4.59. The maximum absolute atomic E-state index is 5.52. The predicted octanol–water partition coefficient (Wildman–Crippen LogP) is 1.41. The van der Waals surface area contributed by atoms with Gasteiger partial charge in [-0.15, -0.1) is 0 Å². The lowest BCUT2D eigenvalue weighted by Crippen LogP contribution is -2.26. The Kier molecular flexibility index (Phi) is 3.34. The first-order chi connectivity index (χ1) is 5.24. The number of hydrogen-bond donors (Lipinski definition) is 1. The van der Waals surface area contributed by atoms with Gasteiger partial charge in [0.25, 0.3) is 0 Å². The molecule has 2 heteroatoms. The Labute approximate surface area is 69.3 Å². The van der Waals surface area contributed by atoms with E-state index in [-0.39, 0.29) is 0 Å². The average molecular weight is 157 g/mol. The number of hydrogen-bond acceptors (Lipinski definition) is 2. The second kappa shape index (κ2) is 4.07. The molecule has 1 heterocycles. The average Bonchev–Trinajstić information content (AvgIpc) is 2.37. The van der Waals surface area contributed by atoms with E-state index < -0.39 is 0 Å². The van der Waals surface area contributed by atoms with Crippen LogP contribution in [0.1, 0.15) is 27.2 Å². The minimum Gasteiger partial charge on any atom is -0.377 e. The van der Waals surface area contributed by atoms with E-state index in [9.17, 15) is 0 Å². The summed E-state index contributed by atoms with van der Waals surface area (Å²) in [6, 6.07) is 0.673. The maximum Gasteiger partial charge on any atom is 0.0714 e. The van der Waals surface area contributed by atoms with Crippen molar-refractivity contribution in [1.29, 1.82) is 0 Å². The van der Waals surface area contributed by atoms with Crippen LogP contribution < -0.4 is 5.32 Å². The van der Waals surface area contributed by atoms with Crippen molar-refractivity contribution in [3.63, 3.8) is 0 Å². The molecule has 66 valence electrons. The molecule has 0 aliphatic carbocycles. The molecule has 0 radical (unpaired) electrons. The zero-order valence-electron chi connectivity index (χ0n) is 7.76. The predicted molar refractivity (Wildman–Crippen MR) is 46.7 cm³/mol. The molecule has 0 aromatic heterocycles. The number of nitrogens with one attached hydrogen (secondary N) is 1. The van der Waals surface area contributed by atoms with Gasteiger partial charge < -0.3 is 10.1 Å². The van der Waals surface area contributed by atoms with Crippen molar-refractivity contribution in [1.82, 2.24) is 5.32 Å². The standard InChI is InChI=1S/C9H19NO/c1-4-11-8-5-9(7(2)3)10-6-8/h7-10H,4-6H2,1-3H3/t8-,9-/m1/s1. The molecule has 0 spiro atoms. The van der Waals surface area contributed by atoms with Gasteiger partial charge in [0.05, 0.1) is 6.10 Å². The van der Waals surface area contributed by atoms with E-state index in [1.807, 2.05) is 0 Å². The first kappa shape index (κ1) is 9.01. The minimum atomic E-state index is 0.465. The van der Waals surface area contributed by atoms with Crippen LogP contribution in [-0.2, 0) is 4.74 Å². The molecule has 0 unspecified atom stereocenters. The summed E-state index contributed by atoms with van der Waals surface area (Å²) in [7, 11) is 0. The summed E-state index contributed by atoms with van der Waals surface area (Å²) in [6.07, 6.45) is 1.65.